The van der Waals surface area contributed by atoms with Crippen LogP contribution in [0.4, 0.5) is 0 Å². The summed E-state index contributed by atoms with van der Waals surface area (Å²) < 4.78 is 0. The zero-order valence-corrected chi connectivity index (χ0v) is 9.71. The van der Waals surface area contributed by atoms with Crippen LogP contribution in [0.25, 0.3) is 0 Å². The maximum Gasteiger partial charge on any atom is 0.142 e. The fraction of sp³-hybridized carbons (Fsp3) is 0.846. The smallest absolute Gasteiger partial charge is 0.142 e. The van der Waals surface area contributed by atoms with Crippen LogP contribution in [-0.2, 0) is 9.59 Å². The number of hydrogen-bond donors (Lipinski definition) is 0. The average Bonchev–Trinajstić information content (AvgIpc) is 2.92. The Morgan fingerprint density at radius 3 is 2.93 bits per heavy atom. The minimum Gasteiger partial charge on any atom is -0.300 e. The van der Waals surface area contributed by atoms with Crippen molar-refractivity contribution in [3.63, 3.8) is 0 Å². The summed E-state index contributed by atoms with van der Waals surface area (Å²) in [4.78, 5) is 23.2. The van der Waals surface area contributed by atoms with Crippen LogP contribution in [0.3, 0.4) is 0 Å². The molecule has 15 heavy (non-hydrogen) atoms. The predicted octanol–water partition coefficient (Wildman–Crippen LogP) is 2.75. The van der Waals surface area contributed by atoms with Gasteiger partial charge in [0.05, 0.1) is 0 Å². The van der Waals surface area contributed by atoms with Crippen molar-refractivity contribution in [2.45, 2.75) is 52.4 Å². The molecule has 2 heteroatoms. The molecule has 0 aromatic carbocycles. The second-order valence-corrected chi connectivity index (χ2v) is 5.62. The van der Waals surface area contributed by atoms with Gasteiger partial charge in [0.15, 0.2) is 0 Å². The molecule has 0 heterocycles. The Labute approximate surface area is 91.4 Å². The van der Waals surface area contributed by atoms with Gasteiger partial charge in [-0.3, -0.25) is 4.79 Å². The number of Topliss-reactive ketones (excluding diaryl/α,β-unsaturated/α-hetero) is 2. The third kappa shape index (κ3) is 2.14. The lowest BCUT2D eigenvalue weighted by Crippen LogP contribution is -2.29. The molecule has 2 nitrogen and oxygen atoms in total. The van der Waals surface area contributed by atoms with E-state index in [9.17, 15) is 9.59 Å². The predicted molar refractivity (Wildman–Crippen MR) is 58.5 cm³/mol. The Bertz CT molecular complexity index is 295. The first-order valence-corrected chi connectivity index (χ1v) is 6.07. The van der Waals surface area contributed by atoms with Gasteiger partial charge >= 0.3 is 0 Å². The second kappa shape index (κ2) is 3.73. The van der Waals surface area contributed by atoms with Crippen molar-refractivity contribution in [1.29, 1.82) is 0 Å². The van der Waals surface area contributed by atoms with E-state index >= 15 is 0 Å². The second-order valence-electron chi connectivity index (χ2n) is 5.62. The highest BCUT2D eigenvalue weighted by molar-refractivity contribution is 5.90. The van der Waals surface area contributed by atoms with Crippen molar-refractivity contribution in [3.05, 3.63) is 0 Å². The zero-order chi connectivity index (χ0) is 11.1. The van der Waals surface area contributed by atoms with Gasteiger partial charge in [0.1, 0.15) is 11.6 Å². The summed E-state index contributed by atoms with van der Waals surface area (Å²) in [6.07, 6.45) is 5.85. The number of carbonyl (C=O) groups is 2. The molecule has 0 aliphatic heterocycles. The molecule has 0 spiro atoms. The zero-order valence-electron chi connectivity index (χ0n) is 9.71. The van der Waals surface area contributed by atoms with Crippen LogP contribution in [0.5, 0.6) is 0 Å². The summed E-state index contributed by atoms with van der Waals surface area (Å²) in [6.45, 7) is 3.68. The number of hydrogen-bond acceptors (Lipinski definition) is 2. The van der Waals surface area contributed by atoms with Crippen LogP contribution < -0.4 is 0 Å². The van der Waals surface area contributed by atoms with E-state index in [4.69, 9.17) is 0 Å². The molecule has 0 bridgehead atoms. The molecule has 2 aliphatic rings. The van der Waals surface area contributed by atoms with E-state index in [0.29, 0.717) is 24.0 Å². The van der Waals surface area contributed by atoms with Crippen LogP contribution in [-0.4, -0.2) is 11.6 Å². The molecular formula is C13H20O2. The fourth-order valence-corrected chi connectivity index (χ4v) is 2.91. The van der Waals surface area contributed by atoms with Gasteiger partial charge in [-0.2, -0.15) is 0 Å². The summed E-state index contributed by atoms with van der Waals surface area (Å²) >= 11 is 0. The molecule has 2 fully saturated rings. The minimum atomic E-state index is -0.193. The summed E-state index contributed by atoms with van der Waals surface area (Å²) in [5, 5.41) is 0. The van der Waals surface area contributed by atoms with Gasteiger partial charge in [-0.05, 0) is 38.5 Å². The van der Waals surface area contributed by atoms with Crippen LogP contribution >= 0.6 is 0 Å². The lowest BCUT2D eigenvalue weighted by Gasteiger charge is -2.26. The van der Waals surface area contributed by atoms with Crippen LogP contribution in [0.15, 0.2) is 0 Å². The largest absolute Gasteiger partial charge is 0.300 e. The number of rotatable bonds is 3. The number of fused-ring (bicyclic) bond motifs is 1. The molecule has 84 valence electrons. The van der Waals surface area contributed by atoms with E-state index in [1.54, 1.807) is 6.92 Å². The summed E-state index contributed by atoms with van der Waals surface area (Å²) in [6, 6.07) is 0. The molecule has 0 amide bonds. The SMILES string of the molecule is CC(=O)CC[C@@]1(C)CCC[C@@H]2C[C@@H]2C1=O. The van der Waals surface area contributed by atoms with Crippen molar-refractivity contribution in [2.24, 2.45) is 17.3 Å². The van der Waals surface area contributed by atoms with E-state index in [0.717, 1.165) is 19.3 Å². The van der Waals surface area contributed by atoms with E-state index in [-0.39, 0.29) is 11.2 Å². The van der Waals surface area contributed by atoms with E-state index in [2.05, 4.69) is 6.92 Å². The molecule has 0 aromatic heterocycles. The highest BCUT2D eigenvalue weighted by atomic mass is 16.1. The standard InChI is InChI=1S/C13H20O2/c1-9(14)5-7-13(2)6-3-4-10-8-11(10)12(13)15/h10-11H,3-8H2,1-2H3/t10-,11+,13-/m1/s1. The molecule has 0 saturated heterocycles. The van der Waals surface area contributed by atoms with Crippen LogP contribution in [0.1, 0.15) is 52.4 Å². The Morgan fingerprint density at radius 1 is 1.53 bits per heavy atom. The molecule has 0 aromatic rings. The van der Waals surface area contributed by atoms with Gasteiger partial charge in [-0.25, -0.2) is 0 Å². The first-order chi connectivity index (χ1) is 7.03. The summed E-state index contributed by atoms with van der Waals surface area (Å²) in [5.41, 5.74) is -0.193. The highest BCUT2D eigenvalue weighted by Gasteiger charge is 2.50. The van der Waals surface area contributed by atoms with Gasteiger partial charge < -0.3 is 4.79 Å². The van der Waals surface area contributed by atoms with Crippen molar-refractivity contribution < 1.29 is 9.59 Å². The molecule has 0 unspecified atom stereocenters. The molecule has 2 saturated carbocycles. The van der Waals surface area contributed by atoms with E-state index < -0.39 is 0 Å². The van der Waals surface area contributed by atoms with Gasteiger partial charge in [0.25, 0.3) is 0 Å². The van der Waals surface area contributed by atoms with Gasteiger partial charge in [0, 0.05) is 17.8 Å². The van der Waals surface area contributed by atoms with Gasteiger partial charge in [-0.1, -0.05) is 13.3 Å². The van der Waals surface area contributed by atoms with Crippen molar-refractivity contribution in [1.82, 2.24) is 0 Å². The minimum absolute atomic E-state index is 0.193. The topological polar surface area (TPSA) is 34.1 Å². The van der Waals surface area contributed by atoms with E-state index in [1.165, 1.54) is 12.8 Å². The average molecular weight is 208 g/mol. The van der Waals surface area contributed by atoms with Crippen LogP contribution in [0, 0.1) is 17.3 Å². The normalized spacial score (nSPS) is 39.5. The number of ketones is 2. The van der Waals surface area contributed by atoms with Crippen molar-refractivity contribution >= 4 is 11.6 Å². The maximum atomic E-state index is 12.2. The van der Waals surface area contributed by atoms with Crippen molar-refractivity contribution in [2.75, 3.05) is 0 Å². The van der Waals surface area contributed by atoms with Crippen molar-refractivity contribution in [3.8, 4) is 0 Å². The Balaban J connectivity index is 2.03. The lowest BCUT2D eigenvalue weighted by molar-refractivity contribution is -0.130. The molecule has 0 radical (unpaired) electrons. The third-order valence-corrected chi connectivity index (χ3v) is 4.19. The van der Waals surface area contributed by atoms with Gasteiger partial charge in [-0.15, -0.1) is 0 Å². The lowest BCUT2D eigenvalue weighted by atomic mass is 9.76. The monoisotopic (exact) mass is 208 g/mol. The quantitative estimate of drug-likeness (QED) is 0.714. The Kier molecular flexibility index (Phi) is 2.70. The molecule has 2 rings (SSSR count). The highest BCUT2D eigenvalue weighted by Crippen LogP contribution is 2.52. The van der Waals surface area contributed by atoms with Gasteiger partial charge in [0.2, 0.25) is 0 Å². The first-order valence-electron chi connectivity index (χ1n) is 6.07. The summed E-state index contributed by atoms with van der Waals surface area (Å²) in [5.74, 6) is 1.70. The summed E-state index contributed by atoms with van der Waals surface area (Å²) in [7, 11) is 0. The molecule has 3 atom stereocenters. The Hall–Kier alpha value is -0.660. The third-order valence-electron chi connectivity index (χ3n) is 4.19. The molecule has 0 N–H and O–H groups in total. The fourth-order valence-electron chi connectivity index (χ4n) is 2.91. The molecular weight excluding hydrogens is 188 g/mol. The van der Waals surface area contributed by atoms with E-state index in [1.807, 2.05) is 0 Å². The molecule has 2 aliphatic carbocycles. The Morgan fingerprint density at radius 2 is 2.27 bits per heavy atom. The maximum absolute atomic E-state index is 12.2. The first kappa shape index (κ1) is 10.8. The number of carbonyl (C=O) groups excluding carboxylic acids is 2. The van der Waals surface area contributed by atoms with Crippen LogP contribution in [0.2, 0.25) is 0 Å².